The maximum atomic E-state index is 14.0. The van der Waals surface area contributed by atoms with Crippen molar-refractivity contribution in [2.75, 3.05) is 7.11 Å². The lowest BCUT2D eigenvalue weighted by Gasteiger charge is -2.43. The van der Waals surface area contributed by atoms with E-state index in [1.807, 2.05) is 103 Å². The predicted molar refractivity (Wildman–Crippen MR) is 144 cm³/mol. The third kappa shape index (κ3) is 3.84. The van der Waals surface area contributed by atoms with E-state index in [1.54, 1.807) is 7.11 Å². The summed E-state index contributed by atoms with van der Waals surface area (Å²) in [5.74, 6) is 0.110. The first-order valence-corrected chi connectivity index (χ1v) is 12.4. The molecule has 0 aromatic heterocycles. The van der Waals surface area contributed by atoms with E-state index >= 15 is 0 Å². The van der Waals surface area contributed by atoms with Gasteiger partial charge in [0.2, 0.25) is 0 Å². The van der Waals surface area contributed by atoms with Crippen molar-refractivity contribution in [2.45, 2.75) is 18.4 Å². The van der Waals surface area contributed by atoms with Gasteiger partial charge in [-0.25, -0.2) is 4.79 Å². The van der Waals surface area contributed by atoms with Gasteiger partial charge in [-0.2, -0.15) is 0 Å². The molecule has 4 aromatic rings. The van der Waals surface area contributed by atoms with Crippen LogP contribution in [0.3, 0.4) is 0 Å². The van der Waals surface area contributed by atoms with Gasteiger partial charge in [-0.3, -0.25) is 4.99 Å². The highest BCUT2D eigenvalue weighted by atomic mass is 16.7. The number of oxime groups is 1. The average molecular weight is 487 g/mol. The van der Waals surface area contributed by atoms with Crippen LogP contribution in [0, 0.1) is 5.41 Å². The number of hydrogen-bond acceptors (Lipinski definition) is 5. The topological polar surface area (TPSA) is 60.2 Å². The summed E-state index contributed by atoms with van der Waals surface area (Å²) in [5, 5.41) is 4.42. The van der Waals surface area contributed by atoms with E-state index in [0.29, 0.717) is 12.1 Å². The smallest absolute Gasteiger partial charge is 0.350 e. The van der Waals surface area contributed by atoms with Gasteiger partial charge in [-0.15, -0.1) is 0 Å². The molecule has 0 fully saturated rings. The number of hydrogen-bond donors (Lipinski definition) is 0. The summed E-state index contributed by atoms with van der Waals surface area (Å²) in [6.45, 7) is 0. The summed E-state index contributed by atoms with van der Waals surface area (Å²) in [5.41, 5.74) is 4.27. The third-order valence-electron chi connectivity index (χ3n) is 7.40. The quantitative estimate of drug-likeness (QED) is 0.308. The van der Waals surface area contributed by atoms with E-state index < -0.39 is 11.5 Å². The van der Waals surface area contributed by atoms with Crippen LogP contribution in [-0.2, 0) is 9.63 Å². The van der Waals surface area contributed by atoms with E-state index in [0.717, 1.165) is 33.7 Å². The number of carbonyl (C=O) groups excluding carboxylic acids is 1. The summed E-state index contributed by atoms with van der Waals surface area (Å²) in [6, 6.07) is 37.4. The van der Waals surface area contributed by atoms with Crippen LogP contribution in [0.1, 0.15) is 40.6 Å². The minimum atomic E-state index is -1.14. The van der Waals surface area contributed by atoms with Crippen LogP contribution in [0.25, 0.3) is 0 Å². The van der Waals surface area contributed by atoms with Crippen molar-refractivity contribution in [1.82, 2.24) is 0 Å². The van der Waals surface area contributed by atoms with Crippen LogP contribution in [0.2, 0.25) is 0 Å². The zero-order chi connectivity index (χ0) is 25.2. The molecule has 6 rings (SSSR count). The highest BCUT2D eigenvalue weighted by molar-refractivity contribution is 6.20. The molecule has 2 aliphatic heterocycles. The van der Waals surface area contributed by atoms with Crippen LogP contribution in [0.15, 0.2) is 125 Å². The molecule has 0 radical (unpaired) electrons. The zero-order valence-corrected chi connectivity index (χ0v) is 20.5. The van der Waals surface area contributed by atoms with Gasteiger partial charge < -0.3 is 9.57 Å². The molecule has 0 saturated heterocycles. The molecule has 0 N–H and O–H groups in total. The fourth-order valence-corrected chi connectivity index (χ4v) is 5.64. The Morgan fingerprint density at radius 2 is 1.35 bits per heavy atom. The van der Waals surface area contributed by atoms with Gasteiger partial charge in [0.15, 0.2) is 0 Å². The summed E-state index contributed by atoms with van der Waals surface area (Å²) < 4.78 is 5.43. The Morgan fingerprint density at radius 1 is 0.757 bits per heavy atom. The van der Waals surface area contributed by atoms with Crippen LogP contribution in [-0.4, -0.2) is 24.5 Å². The van der Waals surface area contributed by atoms with E-state index in [1.165, 1.54) is 0 Å². The molecule has 2 aliphatic rings. The molecule has 0 unspecified atom stereocenters. The van der Waals surface area contributed by atoms with Gasteiger partial charge in [0.25, 0.3) is 0 Å². The minimum absolute atomic E-state index is 0.273. The van der Waals surface area contributed by atoms with Crippen LogP contribution < -0.4 is 4.74 Å². The Hall–Kier alpha value is -4.51. The molecule has 0 aliphatic carbocycles. The lowest BCUT2D eigenvalue weighted by molar-refractivity contribution is -0.150. The summed E-state index contributed by atoms with van der Waals surface area (Å²) in [6.07, 6.45) is 0.556. The molecule has 5 nitrogen and oxygen atoms in total. The first-order valence-electron chi connectivity index (χ1n) is 12.4. The lowest BCUT2D eigenvalue weighted by atomic mass is 9.58. The molecule has 2 heterocycles. The number of ether oxygens (including phenoxy) is 1. The Labute approximate surface area is 216 Å². The van der Waals surface area contributed by atoms with Crippen molar-refractivity contribution in [3.05, 3.63) is 138 Å². The van der Waals surface area contributed by atoms with Crippen LogP contribution >= 0.6 is 0 Å². The van der Waals surface area contributed by atoms with E-state index in [-0.39, 0.29) is 11.9 Å². The predicted octanol–water partition coefficient (Wildman–Crippen LogP) is 6.36. The maximum Gasteiger partial charge on any atom is 0.350 e. The SMILES string of the molecule is COc1ccc([C@H]2CC(c3ccccc3)=N[C@@H](c3ccccc3)[C@@]23C(=O)ON=C3c2ccccc2)cc1. The monoisotopic (exact) mass is 486 g/mol. The zero-order valence-electron chi connectivity index (χ0n) is 20.5. The molecular formula is C32H26N2O3. The van der Waals surface area contributed by atoms with E-state index in [4.69, 9.17) is 14.6 Å². The maximum absolute atomic E-state index is 14.0. The normalized spacial score (nSPS) is 22.8. The highest BCUT2D eigenvalue weighted by Crippen LogP contribution is 2.57. The molecular weight excluding hydrogens is 460 g/mol. The highest BCUT2D eigenvalue weighted by Gasteiger charge is 2.63. The summed E-state index contributed by atoms with van der Waals surface area (Å²) in [7, 11) is 1.65. The molecule has 37 heavy (non-hydrogen) atoms. The summed E-state index contributed by atoms with van der Waals surface area (Å²) >= 11 is 0. The largest absolute Gasteiger partial charge is 0.497 e. The van der Waals surface area contributed by atoms with Crippen molar-refractivity contribution in [2.24, 2.45) is 15.6 Å². The first-order chi connectivity index (χ1) is 18.2. The van der Waals surface area contributed by atoms with Gasteiger partial charge in [0.1, 0.15) is 16.9 Å². The third-order valence-corrected chi connectivity index (χ3v) is 7.40. The number of benzene rings is 4. The number of carbonyl (C=O) groups is 1. The second-order valence-corrected chi connectivity index (χ2v) is 9.34. The Balaban J connectivity index is 1.64. The molecule has 0 saturated carbocycles. The Kier molecular flexibility index (Phi) is 5.89. The Morgan fingerprint density at radius 3 is 1.97 bits per heavy atom. The van der Waals surface area contributed by atoms with E-state index in [2.05, 4.69) is 17.3 Å². The fraction of sp³-hybridized carbons (Fsp3) is 0.156. The van der Waals surface area contributed by atoms with Crippen LogP contribution in [0.5, 0.6) is 5.75 Å². The molecule has 182 valence electrons. The molecule has 5 heteroatoms. The van der Waals surface area contributed by atoms with Gasteiger partial charge in [-0.05, 0) is 35.2 Å². The van der Waals surface area contributed by atoms with E-state index in [9.17, 15) is 4.79 Å². The van der Waals surface area contributed by atoms with Gasteiger partial charge in [0.05, 0.1) is 13.2 Å². The number of aliphatic imine (C=N–C) groups is 1. The van der Waals surface area contributed by atoms with Crippen molar-refractivity contribution in [1.29, 1.82) is 0 Å². The Bertz CT molecular complexity index is 1470. The second-order valence-electron chi connectivity index (χ2n) is 9.34. The molecule has 0 amide bonds. The number of nitrogens with zero attached hydrogens (tertiary/aromatic N) is 2. The number of rotatable bonds is 5. The lowest BCUT2D eigenvalue weighted by Crippen LogP contribution is -2.49. The standard InChI is InChI=1S/C32H26N2O3/c1-36-26-19-17-22(18-20-26)27-21-28(23-11-5-2-6-12-23)33-29(24-13-7-3-8-14-24)32(27)30(34-37-31(32)35)25-15-9-4-10-16-25/h2-20,27,29H,21H2,1H3/t27-,29+,32+/m1/s1. The fourth-order valence-electron chi connectivity index (χ4n) is 5.64. The van der Waals surface area contributed by atoms with Crippen molar-refractivity contribution in [3.8, 4) is 5.75 Å². The average Bonchev–Trinajstić information content (AvgIpc) is 3.31. The van der Waals surface area contributed by atoms with Gasteiger partial charge in [0, 0.05) is 17.2 Å². The van der Waals surface area contributed by atoms with Crippen molar-refractivity contribution < 1.29 is 14.4 Å². The van der Waals surface area contributed by atoms with Crippen molar-refractivity contribution >= 4 is 17.4 Å². The number of methoxy groups -OCH3 is 1. The van der Waals surface area contributed by atoms with Crippen LogP contribution in [0.4, 0.5) is 0 Å². The summed E-state index contributed by atoms with van der Waals surface area (Å²) in [4.78, 5) is 24.9. The molecule has 4 aromatic carbocycles. The first kappa shape index (κ1) is 22.9. The molecule has 1 spiro atoms. The molecule has 0 bridgehead atoms. The second kappa shape index (κ2) is 9.51. The van der Waals surface area contributed by atoms with Gasteiger partial charge >= 0.3 is 5.97 Å². The van der Waals surface area contributed by atoms with Gasteiger partial charge in [-0.1, -0.05) is 108 Å². The van der Waals surface area contributed by atoms with Crippen molar-refractivity contribution in [3.63, 3.8) is 0 Å². The molecule has 3 atom stereocenters. The minimum Gasteiger partial charge on any atom is -0.497 e.